The second-order valence-electron chi connectivity index (χ2n) is 3.69. The molecule has 0 fully saturated rings. The van der Waals surface area contributed by atoms with Crippen molar-refractivity contribution in [1.29, 1.82) is 0 Å². The van der Waals surface area contributed by atoms with E-state index >= 15 is 0 Å². The van der Waals surface area contributed by atoms with Crippen molar-refractivity contribution in [2.75, 3.05) is 13.2 Å². The van der Waals surface area contributed by atoms with E-state index in [0.717, 1.165) is 5.56 Å². The molecule has 4 heteroatoms. The van der Waals surface area contributed by atoms with E-state index in [4.69, 9.17) is 9.47 Å². The lowest BCUT2D eigenvalue weighted by molar-refractivity contribution is -0.139. The normalized spacial score (nSPS) is 18.9. The number of phenolic OH excluding ortho intramolecular Hbond substituents is 1. The lowest BCUT2D eigenvalue weighted by atomic mass is 10.0. The highest BCUT2D eigenvalue weighted by Gasteiger charge is 2.28. The van der Waals surface area contributed by atoms with Gasteiger partial charge in [0, 0.05) is 0 Å². The number of aromatic hydroxyl groups is 1. The largest absolute Gasteiger partial charge is 0.508 e. The van der Waals surface area contributed by atoms with Crippen LogP contribution in [0.1, 0.15) is 18.6 Å². The van der Waals surface area contributed by atoms with E-state index in [1.165, 1.54) is 0 Å². The summed E-state index contributed by atoms with van der Waals surface area (Å²) < 4.78 is 10.4. The molecule has 0 radical (unpaired) electrons. The first kappa shape index (κ1) is 11.7. The highest BCUT2D eigenvalue weighted by atomic mass is 16.5. The first-order chi connectivity index (χ1) is 8.22. The van der Waals surface area contributed by atoms with Crippen LogP contribution in [0.15, 0.2) is 35.9 Å². The fraction of sp³-hybridized carbons (Fsp3) is 0.308. The molecule has 0 aromatic heterocycles. The van der Waals surface area contributed by atoms with Crippen LogP contribution in [0.5, 0.6) is 5.75 Å². The van der Waals surface area contributed by atoms with E-state index in [9.17, 15) is 9.90 Å². The molecule has 0 saturated heterocycles. The minimum atomic E-state index is -0.443. The Bertz CT molecular complexity index is 450. The third-order valence-electron chi connectivity index (χ3n) is 2.53. The molecule has 1 atom stereocenters. The van der Waals surface area contributed by atoms with Gasteiger partial charge in [0.2, 0.25) is 0 Å². The van der Waals surface area contributed by atoms with Gasteiger partial charge in [-0.15, -0.1) is 0 Å². The van der Waals surface area contributed by atoms with Gasteiger partial charge in [0.25, 0.3) is 0 Å². The molecule has 0 saturated carbocycles. The Hall–Kier alpha value is -1.81. The van der Waals surface area contributed by atoms with Gasteiger partial charge in [-0.3, -0.25) is 0 Å². The van der Waals surface area contributed by atoms with Crippen LogP contribution in [-0.4, -0.2) is 24.3 Å². The summed E-state index contributed by atoms with van der Waals surface area (Å²) in [6.07, 6.45) is 1.27. The average molecular weight is 234 g/mol. The van der Waals surface area contributed by atoms with Crippen LogP contribution in [-0.2, 0) is 14.3 Å². The summed E-state index contributed by atoms with van der Waals surface area (Å²) in [6, 6.07) is 6.69. The second kappa shape index (κ2) is 5.01. The molecule has 2 rings (SSSR count). The lowest BCUT2D eigenvalue weighted by Gasteiger charge is -2.14. The Balaban J connectivity index is 2.22. The molecule has 1 unspecified atom stereocenters. The van der Waals surface area contributed by atoms with Gasteiger partial charge in [0.15, 0.2) is 0 Å². The SMILES string of the molecule is CCOC(=O)C1=CCOC1c1cccc(O)c1. The minimum absolute atomic E-state index is 0.154. The topological polar surface area (TPSA) is 55.8 Å². The van der Waals surface area contributed by atoms with Crippen molar-refractivity contribution < 1.29 is 19.4 Å². The van der Waals surface area contributed by atoms with E-state index in [2.05, 4.69) is 0 Å². The summed E-state index contributed by atoms with van der Waals surface area (Å²) >= 11 is 0. The Morgan fingerprint density at radius 2 is 2.41 bits per heavy atom. The molecule has 90 valence electrons. The number of hydrogen-bond acceptors (Lipinski definition) is 4. The fourth-order valence-corrected chi connectivity index (χ4v) is 1.80. The Labute approximate surface area is 99.5 Å². The van der Waals surface area contributed by atoms with Gasteiger partial charge < -0.3 is 14.6 Å². The molecule has 0 aliphatic carbocycles. The number of esters is 1. The Morgan fingerprint density at radius 3 is 3.12 bits per heavy atom. The zero-order valence-electron chi connectivity index (χ0n) is 9.55. The maximum absolute atomic E-state index is 11.7. The average Bonchev–Trinajstić information content (AvgIpc) is 2.78. The molecule has 0 spiro atoms. The molecule has 17 heavy (non-hydrogen) atoms. The third kappa shape index (κ3) is 2.47. The summed E-state index contributed by atoms with van der Waals surface area (Å²) in [5.41, 5.74) is 1.25. The van der Waals surface area contributed by atoms with Crippen molar-refractivity contribution in [3.63, 3.8) is 0 Å². The minimum Gasteiger partial charge on any atom is -0.508 e. The molecule has 4 nitrogen and oxygen atoms in total. The van der Waals surface area contributed by atoms with E-state index in [0.29, 0.717) is 18.8 Å². The van der Waals surface area contributed by atoms with Crippen LogP contribution in [0.25, 0.3) is 0 Å². The molecule has 0 amide bonds. The van der Waals surface area contributed by atoms with Crippen LogP contribution in [0.2, 0.25) is 0 Å². The molecule has 1 aromatic carbocycles. The van der Waals surface area contributed by atoms with Crippen LogP contribution in [0.3, 0.4) is 0 Å². The van der Waals surface area contributed by atoms with Gasteiger partial charge in [0.1, 0.15) is 11.9 Å². The predicted octanol–water partition coefficient (Wildman–Crippen LogP) is 1.95. The number of phenols is 1. The van der Waals surface area contributed by atoms with E-state index in [1.807, 2.05) is 6.07 Å². The highest BCUT2D eigenvalue weighted by Crippen LogP contribution is 2.32. The van der Waals surface area contributed by atoms with Gasteiger partial charge in [-0.1, -0.05) is 12.1 Å². The summed E-state index contributed by atoms with van der Waals surface area (Å²) in [6.45, 7) is 2.48. The fourth-order valence-electron chi connectivity index (χ4n) is 1.80. The molecule has 0 bridgehead atoms. The number of ether oxygens (including phenoxy) is 2. The Morgan fingerprint density at radius 1 is 1.59 bits per heavy atom. The maximum Gasteiger partial charge on any atom is 0.336 e. The standard InChI is InChI=1S/C13H14O4/c1-2-16-13(15)11-6-7-17-12(11)9-4-3-5-10(14)8-9/h3-6,8,12,14H,2,7H2,1H3. The quantitative estimate of drug-likeness (QED) is 0.812. The number of carbonyl (C=O) groups excluding carboxylic acids is 1. The van der Waals surface area contributed by atoms with E-state index in [-0.39, 0.29) is 11.7 Å². The smallest absolute Gasteiger partial charge is 0.336 e. The molecular weight excluding hydrogens is 220 g/mol. The van der Waals surface area contributed by atoms with Crippen molar-refractivity contribution in [1.82, 2.24) is 0 Å². The van der Waals surface area contributed by atoms with Crippen molar-refractivity contribution in [3.8, 4) is 5.75 Å². The number of carbonyl (C=O) groups is 1. The monoisotopic (exact) mass is 234 g/mol. The first-order valence-corrected chi connectivity index (χ1v) is 5.50. The first-order valence-electron chi connectivity index (χ1n) is 5.50. The molecule has 1 aliphatic heterocycles. The van der Waals surface area contributed by atoms with Crippen LogP contribution < -0.4 is 0 Å². The summed E-state index contributed by atoms with van der Waals surface area (Å²) in [4.78, 5) is 11.7. The molecule has 1 aliphatic rings. The summed E-state index contributed by atoms with van der Waals surface area (Å²) in [5.74, 6) is -0.209. The maximum atomic E-state index is 11.7. The predicted molar refractivity (Wildman–Crippen MR) is 61.5 cm³/mol. The van der Waals surface area contributed by atoms with Gasteiger partial charge in [0.05, 0.1) is 18.8 Å². The van der Waals surface area contributed by atoms with Gasteiger partial charge >= 0.3 is 5.97 Å². The summed E-state index contributed by atoms with van der Waals surface area (Å²) in [5, 5.41) is 9.41. The molecule has 1 N–H and O–H groups in total. The molecular formula is C13H14O4. The Kier molecular flexibility index (Phi) is 3.44. The van der Waals surface area contributed by atoms with Crippen molar-refractivity contribution >= 4 is 5.97 Å². The van der Waals surface area contributed by atoms with E-state index < -0.39 is 6.10 Å². The zero-order valence-corrected chi connectivity index (χ0v) is 9.55. The molecule has 1 heterocycles. The number of rotatable bonds is 3. The lowest BCUT2D eigenvalue weighted by Crippen LogP contribution is -2.13. The summed E-state index contributed by atoms with van der Waals surface area (Å²) in [7, 11) is 0. The highest BCUT2D eigenvalue weighted by molar-refractivity contribution is 5.90. The number of hydrogen-bond donors (Lipinski definition) is 1. The van der Waals surface area contributed by atoms with Crippen molar-refractivity contribution in [3.05, 3.63) is 41.5 Å². The van der Waals surface area contributed by atoms with Gasteiger partial charge in [-0.25, -0.2) is 4.79 Å². The number of benzene rings is 1. The van der Waals surface area contributed by atoms with Crippen molar-refractivity contribution in [2.45, 2.75) is 13.0 Å². The van der Waals surface area contributed by atoms with Crippen LogP contribution in [0.4, 0.5) is 0 Å². The van der Waals surface area contributed by atoms with Gasteiger partial charge in [-0.2, -0.15) is 0 Å². The van der Waals surface area contributed by atoms with Crippen LogP contribution in [0, 0.1) is 0 Å². The second-order valence-corrected chi connectivity index (χ2v) is 3.69. The zero-order chi connectivity index (χ0) is 12.3. The van der Waals surface area contributed by atoms with Gasteiger partial charge in [-0.05, 0) is 30.7 Å². The van der Waals surface area contributed by atoms with Crippen LogP contribution >= 0.6 is 0 Å². The van der Waals surface area contributed by atoms with Crippen molar-refractivity contribution in [2.24, 2.45) is 0 Å². The van der Waals surface area contributed by atoms with E-state index in [1.54, 1.807) is 31.2 Å². The molecule has 1 aromatic rings. The third-order valence-corrected chi connectivity index (χ3v) is 2.53.